The van der Waals surface area contributed by atoms with E-state index in [4.69, 9.17) is 0 Å². The lowest BCUT2D eigenvalue weighted by molar-refractivity contribution is -0.0381. The molecule has 0 amide bonds. The lowest BCUT2D eigenvalue weighted by atomic mass is 10.3. The van der Waals surface area contributed by atoms with E-state index in [1.165, 1.54) is 0 Å². The largest absolute Gasteiger partial charge is 0.269 e. The summed E-state index contributed by atoms with van der Waals surface area (Å²) in [5.74, 6) is -3.23. The molecule has 0 fully saturated rings. The van der Waals surface area contributed by atoms with Crippen LogP contribution in [0.3, 0.4) is 0 Å². The van der Waals surface area contributed by atoms with Gasteiger partial charge in [0.15, 0.2) is 0 Å². The molecule has 0 aliphatic carbocycles. The van der Waals surface area contributed by atoms with Crippen molar-refractivity contribution in [2.75, 3.05) is 0 Å². The van der Waals surface area contributed by atoms with Crippen LogP contribution in [0.4, 0.5) is 22.3 Å². The first-order valence-electron chi connectivity index (χ1n) is 2.08. The molecule has 0 aliphatic rings. The number of rotatable bonds is 2. The SMILES string of the molecule is CC(F)(F)CC(F)F.F. The van der Waals surface area contributed by atoms with Crippen molar-refractivity contribution in [2.24, 2.45) is 0 Å². The Bertz CT molecular complexity index is 63.8. The minimum Gasteiger partial charge on any atom is -0.269 e. The molecule has 0 nitrogen and oxygen atoms in total. The monoisotopic (exact) mass is 150 g/mol. The van der Waals surface area contributed by atoms with Gasteiger partial charge in [-0.3, -0.25) is 4.70 Å². The fourth-order valence-corrected chi connectivity index (χ4v) is 0.271. The van der Waals surface area contributed by atoms with Gasteiger partial charge in [-0.2, -0.15) is 0 Å². The summed E-state index contributed by atoms with van der Waals surface area (Å²) in [4.78, 5) is 0. The summed E-state index contributed by atoms with van der Waals surface area (Å²) in [6.07, 6.45) is -4.25. The number of halogens is 5. The zero-order valence-corrected chi connectivity index (χ0v) is 4.70. The maximum Gasteiger partial charge on any atom is 0.250 e. The molecule has 0 N–H and O–H groups in total. The highest BCUT2D eigenvalue weighted by Gasteiger charge is 2.26. The van der Waals surface area contributed by atoms with Crippen LogP contribution in [0.1, 0.15) is 13.3 Å². The minimum atomic E-state index is -3.23. The third kappa shape index (κ3) is 11.3. The van der Waals surface area contributed by atoms with Gasteiger partial charge < -0.3 is 0 Å². The Morgan fingerprint density at radius 3 is 1.67 bits per heavy atom. The van der Waals surface area contributed by atoms with Crippen molar-refractivity contribution in [1.29, 1.82) is 0 Å². The zero-order valence-electron chi connectivity index (χ0n) is 4.70. The number of hydrogen-bond donors (Lipinski definition) is 0. The highest BCUT2D eigenvalue weighted by atomic mass is 19.3. The second-order valence-corrected chi connectivity index (χ2v) is 1.67. The first kappa shape index (κ1) is 11.4. The second kappa shape index (κ2) is 3.63. The molecule has 0 rings (SSSR count). The predicted molar refractivity (Wildman–Crippen MR) is 23.7 cm³/mol. The van der Waals surface area contributed by atoms with Crippen LogP contribution in [-0.2, 0) is 0 Å². The molecule has 5 heteroatoms. The Balaban J connectivity index is 0. The molecule has 0 atom stereocenters. The third-order valence-corrected chi connectivity index (χ3v) is 0.513. The van der Waals surface area contributed by atoms with Crippen LogP contribution in [0.5, 0.6) is 0 Å². The highest BCUT2D eigenvalue weighted by Crippen LogP contribution is 2.20. The van der Waals surface area contributed by atoms with Crippen LogP contribution in [0.2, 0.25) is 0 Å². The first-order valence-corrected chi connectivity index (χ1v) is 2.08. The minimum absolute atomic E-state index is 0. The molecule has 0 aliphatic heterocycles. The fraction of sp³-hybridized carbons (Fsp3) is 1.00. The van der Waals surface area contributed by atoms with Crippen molar-refractivity contribution in [3.8, 4) is 0 Å². The average Bonchev–Trinajstić information content (AvgIpc) is 1.21. The van der Waals surface area contributed by atoms with Crippen molar-refractivity contribution >= 4 is 0 Å². The van der Waals surface area contributed by atoms with E-state index >= 15 is 0 Å². The Hall–Kier alpha value is -0.350. The summed E-state index contributed by atoms with van der Waals surface area (Å²) >= 11 is 0. The summed E-state index contributed by atoms with van der Waals surface area (Å²) in [5.41, 5.74) is 0. The van der Waals surface area contributed by atoms with Gasteiger partial charge in [-0.25, -0.2) is 17.6 Å². The van der Waals surface area contributed by atoms with Crippen LogP contribution in [0.25, 0.3) is 0 Å². The molecule has 0 saturated carbocycles. The molecule has 9 heavy (non-hydrogen) atoms. The van der Waals surface area contributed by atoms with E-state index in [2.05, 4.69) is 0 Å². The van der Waals surface area contributed by atoms with Gasteiger partial charge in [0.25, 0.3) is 5.92 Å². The van der Waals surface area contributed by atoms with Gasteiger partial charge in [-0.05, 0) is 6.92 Å². The van der Waals surface area contributed by atoms with E-state index in [9.17, 15) is 17.6 Å². The van der Waals surface area contributed by atoms with Crippen molar-refractivity contribution in [1.82, 2.24) is 0 Å². The smallest absolute Gasteiger partial charge is 0.250 e. The lowest BCUT2D eigenvalue weighted by Crippen LogP contribution is -2.13. The summed E-state index contributed by atoms with van der Waals surface area (Å²) in [6, 6.07) is 0. The first-order chi connectivity index (χ1) is 3.42. The van der Waals surface area contributed by atoms with Gasteiger partial charge in [0, 0.05) is 0 Å². The third-order valence-electron chi connectivity index (χ3n) is 0.513. The highest BCUT2D eigenvalue weighted by molar-refractivity contribution is 4.58. The van der Waals surface area contributed by atoms with Crippen LogP contribution in [-0.4, -0.2) is 12.3 Å². The molecule has 58 valence electrons. The van der Waals surface area contributed by atoms with Crippen LogP contribution in [0, 0.1) is 0 Å². The van der Waals surface area contributed by atoms with Gasteiger partial charge in [0.05, 0.1) is 6.42 Å². The Morgan fingerprint density at radius 1 is 1.33 bits per heavy atom. The average molecular weight is 150 g/mol. The summed E-state index contributed by atoms with van der Waals surface area (Å²) < 4.78 is 45.1. The Morgan fingerprint density at radius 2 is 1.67 bits per heavy atom. The summed E-state index contributed by atoms with van der Waals surface area (Å²) in [5, 5.41) is 0. The molecular formula is C4H7F5. The molecule has 0 unspecified atom stereocenters. The molecule has 0 radical (unpaired) electrons. The van der Waals surface area contributed by atoms with Crippen molar-refractivity contribution in [3.63, 3.8) is 0 Å². The lowest BCUT2D eigenvalue weighted by Gasteiger charge is -2.06. The van der Waals surface area contributed by atoms with E-state index in [0.717, 1.165) is 0 Å². The molecule has 0 aromatic heterocycles. The Labute approximate surface area is 49.2 Å². The van der Waals surface area contributed by atoms with E-state index in [1.54, 1.807) is 0 Å². The van der Waals surface area contributed by atoms with Gasteiger partial charge in [0.1, 0.15) is 0 Å². The standard InChI is InChI=1S/C4H6F4.FH/c1-4(7,8)2-3(5)6;/h3H,2H2,1H3;1H. The molecule has 0 bridgehead atoms. The van der Waals surface area contributed by atoms with Crippen LogP contribution >= 0.6 is 0 Å². The van der Waals surface area contributed by atoms with Crippen molar-refractivity contribution in [3.05, 3.63) is 0 Å². The number of alkyl halides is 4. The van der Waals surface area contributed by atoms with Gasteiger partial charge in [0.2, 0.25) is 6.43 Å². The van der Waals surface area contributed by atoms with Gasteiger partial charge in [-0.1, -0.05) is 0 Å². The topological polar surface area (TPSA) is 0 Å². The van der Waals surface area contributed by atoms with Crippen LogP contribution < -0.4 is 0 Å². The molecule has 0 aromatic carbocycles. The Kier molecular flexibility index (Phi) is 4.62. The fourth-order valence-electron chi connectivity index (χ4n) is 0.271. The zero-order chi connectivity index (χ0) is 6.78. The maximum absolute atomic E-state index is 11.5. The van der Waals surface area contributed by atoms with E-state index in [0.29, 0.717) is 6.92 Å². The van der Waals surface area contributed by atoms with E-state index < -0.39 is 18.8 Å². The number of hydrogen-bond acceptors (Lipinski definition) is 0. The van der Waals surface area contributed by atoms with Crippen molar-refractivity contribution in [2.45, 2.75) is 25.7 Å². The van der Waals surface area contributed by atoms with E-state index in [1.807, 2.05) is 0 Å². The normalized spacial score (nSPS) is 11.3. The molecule has 0 aromatic rings. The molecule has 0 saturated heterocycles. The van der Waals surface area contributed by atoms with Crippen molar-refractivity contribution < 1.29 is 22.3 Å². The van der Waals surface area contributed by atoms with E-state index in [-0.39, 0.29) is 4.70 Å². The predicted octanol–water partition coefficient (Wildman–Crippen LogP) is 2.45. The summed E-state index contributed by atoms with van der Waals surface area (Å²) in [7, 11) is 0. The maximum atomic E-state index is 11.5. The van der Waals surface area contributed by atoms with Gasteiger partial charge in [-0.15, -0.1) is 0 Å². The van der Waals surface area contributed by atoms with Gasteiger partial charge >= 0.3 is 0 Å². The second-order valence-electron chi connectivity index (χ2n) is 1.67. The molecular weight excluding hydrogens is 143 g/mol. The summed E-state index contributed by atoms with van der Waals surface area (Å²) in [6.45, 7) is 0.471. The van der Waals surface area contributed by atoms with Crippen LogP contribution in [0.15, 0.2) is 0 Å². The molecule has 0 spiro atoms. The molecule has 0 heterocycles. The quantitative estimate of drug-likeness (QED) is 0.530.